The van der Waals surface area contributed by atoms with E-state index in [1.807, 2.05) is 13.0 Å². The lowest BCUT2D eigenvalue weighted by Crippen LogP contribution is -2.47. The summed E-state index contributed by atoms with van der Waals surface area (Å²) in [4.78, 5) is 2.21. The molecule has 1 aliphatic heterocycles. The van der Waals surface area contributed by atoms with Gasteiger partial charge in [-0.05, 0) is 58.0 Å². The van der Waals surface area contributed by atoms with Crippen LogP contribution < -0.4 is 10.5 Å². The molecule has 1 unspecified atom stereocenters. The number of likely N-dealkylation sites (N-methyl/N-ethyl adjacent to an activating group) is 1. The fraction of sp³-hybridized carbons (Fsp3) is 0.600. The fourth-order valence-corrected chi connectivity index (χ4v) is 3.27. The zero-order chi connectivity index (χ0) is 14.2. The predicted octanol–water partition coefficient (Wildman–Crippen LogP) is 2.85. The van der Waals surface area contributed by atoms with Crippen LogP contribution in [0.1, 0.15) is 29.5 Å². The van der Waals surface area contributed by atoms with Gasteiger partial charge in [-0.15, -0.1) is 0 Å². The molecule has 0 spiro atoms. The van der Waals surface area contributed by atoms with Gasteiger partial charge in [-0.25, -0.2) is 0 Å². The molecular weight excluding hydrogens is 260 g/mol. The molecular formula is C15H23ClN2O. The summed E-state index contributed by atoms with van der Waals surface area (Å²) in [6.45, 7) is 5.39. The second-order valence-electron chi connectivity index (χ2n) is 5.59. The van der Waals surface area contributed by atoms with E-state index < -0.39 is 0 Å². The van der Waals surface area contributed by atoms with E-state index in [2.05, 4.69) is 25.9 Å². The highest BCUT2D eigenvalue weighted by molar-refractivity contribution is 6.32. The first-order valence-corrected chi connectivity index (χ1v) is 7.12. The number of hydrogen-bond acceptors (Lipinski definition) is 3. The number of rotatable bonds is 2. The van der Waals surface area contributed by atoms with E-state index in [-0.39, 0.29) is 5.54 Å². The third-order valence-corrected chi connectivity index (χ3v) is 4.88. The van der Waals surface area contributed by atoms with Crippen molar-refractivity contribution in [2.45, 2.75) is 32.2 Å². The minimum atomic E-state index is -0.187. The Morgan fingerprint density at radius 3 is 2.68 bits per heavy atom. The van der Waals surface area contributed by atoms with Crippen LogP contribution in [0.2, 0.25) is 5.02 Å². The van der Waals surface area contributed by atoms with Crippen LogP contribution in [-0.4, -0.2) is 32.1 Å². The van der Waals surface area contributed by atoms with Crippen molar-refractivity contribution in [3.05, 3.63) is 27.8 Å². The van der Waals surface area contributed by atoms with E-state index >= 15 is 0 Å². The molecule has 1 aliphatic rings. The summed E-state index contributed by atoms with van der Waals surface area (Å²) in [5.74, 6) is 0.941. The van der Waals surface area contributed by atoms with Gasteiger partial charge in [0.1, 0.15) is 5.75 Å². The molecule has 1 heterocycles. The van der Waals surface area contributed by atoms with E-state index in [0.717, 1.165) is 46.9 Å². The molecule has 0 aliphatic carbocycles. The van der Waals surface area contributed by atoms with E-state index in [9.17, 15) is 0 Å². The van der Waals surface area contributed by atoms with E-state index in [4.69, 9.17) is 22.1 Å². The topological polar surface area (TPSA) is 38.5 Å². The monoisotopic (exact) mass is 282 g/mol. The Kier molecular flexibility index (Phi) is 4.09. The molecule has 0 saturated carbocycles. The van der Waals surface area contributed by atoms with Gasteiger partial charge in [-0.2, -0.15) is 0 Å². The fourth-order valence-electron chi connectivity index (χ4n) is 3.12. The molecule has 0 saturated heterocycles. The van der Waals surface area contributed by atoms with Crippen molar-refractivity contribution in [2.75, 3.05) is 27.2 Å². The molecule has 106 valence electrons. The Hall–Kier alpha value is -0.770. The van der Waals surface area contributed by atoms with Gasteiger partial charge in [0.15, 0.2) is 0 Å². The van der Waals surface area contributed by atoms with E-state index in [0.29, 0.717) is 6.54 Å². The standard InChI is InChI=1S/C15H23ClN2O/c1-10-8-12-13(11(2)14(10)16)15(9-17,18(3)4)6-5-7-19-12/h8H,5-7,9,17H2,1-4H3. The maximum absolute atomic E-state index is 6.44. The SMILES string of the molecule is Cc1cc2c(c(C)c1Cl)C(CN)(N(C)C)CCCO2. The van der Waals surface area contributed by atoms with Crippen molar-refractivity contribution in [1.82, 2.24) is 4.90 Å². The quantitative estimate of drug-likeness (QED) is 0.906. The normalized spacial score (nSPS) is 22.9. The lowest BCUT2D eigenvalue weighted by atomic mass is 9.81. The molecule has 0 bridgehead atoms. The molecule has 19 heavy (non-hydrogen) atoms. The minimum Gasteiger partial charge on any atom is -0.493 e. The van der Waals surface area contributed by atoms with Gasteiger partial charge in [0.25, 0.3) is 0 Å². The van der Waals surface area contributed by atoms with Gasteiger partial charge < -0.3 is 10.5 Å². The van der Waals surface area contributed by atoms with Crippen LogP contribution in [-0.2, 0) is 5.54 Å². The Balaban J connectivity index is 2.74. The Bertz CT molecular complexity index is 488. The Morgan fingerprint density at radius 2 is 2.11 bits per heavy atom. The average molecular weight is 283 g/mol. The molecule has 1 aromatic rings. The van der Waals surface area contributed by atoms with Crippen molar-refractivity contribution in [1.29, 1.82) is 0 Å². The number of halogens is 1. The van der Waals surface area contributed by atoms with Crippen molar-refractivity contribution in [2.24, 2.45) is 5.73 Å². The number of fused-ring (bicyclic) bond motifs is 1. The number of nitrogens with zero attached hydrogens (tertiary/aromatic N) is 1. The third kappa shape index (κ3) is 2.24. The number of aryl methyl sites for hydroxylation is 1. The summed E-state index contributed by atoms with van der Waals surface area (Å²) in [6.07, 6.45) is 1.99. The summed E-state index contributed by atoms with van der Waals surface area (Å²) in [5, 5.41) is 0.823. The second-order valence-corrected chi connectivity index (χ2v) is 5.97. The summed E-state index contributed by atoms with van der Waals surface area (Å²) < 4.78 is 5.93. The van der Waals surface area contributed by atoms with Gasteiger partial charge in [0.05, 0.1) is 12.1 Å². The first-order valence-electron chi connectivity index (χ1n) is 6.74. The van der Waals surface area contributed by atoms with Crippen LogP contribution >= 0.6 is 11.6 Å². The minimum absolute atomic E-state index is 0.187. The van der Waals surface area contributed by atoms with Gasteiger partial charge in [0, 0.05) is 17.1 Å². The number of nitrogens with two attached hydrogens (primary N) is 1. The highest BCUT2D eigenvalue weighted by Crippen LogP contribution is 2.44. The van der Waals surface area contributed by atoms with Gasteiger partial charge in [0.2, 0.25) is 0 Å². The Morgan fingerprint density at radius 1 is 1.42 bits per heavy atom. The second kappa shape index (κ2) is 5.31. The molecule has 0 amide bonds. The van der Waals surface area contributed by atoms with Crippen molar-refractivity contribution in [3.8, 4) is 5.75 Å². The Labute approximate surface area is 120 Å². The summed E-state index contributed by atoms with van der Waals surface area (Å²) in [7, 11) is 4.16. The van der Waals surface area contributed by atoms with Crippen LogP contribution in [0.4, 0.5) is 0 Å². The summed E-state index contributed by atoms with van der Waals surface area (Å²) in [5.41, 5.74) is 9.27. The highest BCUT2D eigenvalue weighted by Gasteiger charge is 2.39. The van der Waals surface area contributed by atoms with Crippen molar-refractivity contribution < 1.29 is 4.74 Å². The van der Waals surface area contributed by atoms with Gasteiger partial charge in [-0.3, -0.25) is 4.90 Å². The van der Waals surface area contributed by atoms with Gasteiger partial charge in [-0.1, -0.05) is 11.6 Å². The van der Waals surface area contributed by atoms with Crippen molar-refractivity contribution in [3.63, 3.8) is 0 Å². The molecule has 1 atom stereocenters. The predicted molar refractivity (Wildman–Crippen MR) is 80.1 cm³/mol. The van der Waals surface area contributed by atoms with Crippen LogP contribution in [0.3, 0.4) is 0 Å². The zero-order valence-electron chi connectivity index (χ0n) is 12.2. The summed E-state index contributed by atoms with van der Waals surface area (Å²) in [6, 6.07) is 2.05. The van der Waals surface area contributed by atoms with Crippen LogP contribution in [0.15, 0.2) is 6.07 Å². The lowest BCUT2D eigenvalue weighted by molar-refractivity contribution is 0.146. The zero-order valence-corrected chi connectivity index (χ0v) is 13.0. The maximum Gasteiger partial charge on any atom is 0.125 e. The molecule has 1 aromatic carbocycles. The molecule has 3 nitrogen and oxygen atoms in total. The maximum atomic E-state index is 6.44. The molecule has 0 fully saturated rings. The first-order chi connectivity index (χ1) is 8.94. The largest absolute Gasteiger partial charge is 0.493 e. The van der Waals surface area contributed by atoms with E-state index in [1.165, 1.54) is 0 Å². The number of hydrogen-bond donors (Lipinski definition) is 1. The molecule has 2 N–H and O–H groups in total. The number of ether oxygens (including phenoxy) is 1. The van der Waals surface area contributed by atoms with Crippen LogP contribution in [0.5, 0.6) is 5.75 Å². The third-order valence-electron chi connectivity index (χ3n) is 4.30. The number of benzene rings is 1. The smallest absolute Gasteiger partial charge is 0.125 e. The van der Waals surface area contributed by atoms with E-state index in [1.54, 1.807) is 0 Å². The molecule has 4 heteroatoms. The molecule has 0 aromatic heterocycles. The lowest BCUT2D eigenvalue weighted by Gasteiger charge is -2.40. The van der Waals surface area contributed by atoms with Crippen LogP contribution in [0.25, 0.3) is 0 Å². The van der Waals surface area contributed by atoms with Gasteiger partial charge >= 0.3 is 0 Å². The summed E-state index contributed by atoms with van der Waals surface area (Å²) >= 11 is 6.44. The van der Waals surface area contributed by atoms with Crippen molar-refractivity contribution >= 4 is 11.6 Å². The first kappa shape index (κ1) is 14.6. The molecule has 0 radical (unpaired) electrons. The molecule has 2 rings (SSSR count). The average Bonchev–Trinajstić information content (AvgIpc) is 2.56. The van der Waals surface area contributed by atoms with Crippen LogP contribution in [0, 0.1) is 13.8 Å². The highest BCUT2D eigenvalue weighted by atomic mass is 35.5.